The first kappa shape index (κ1) is 12.1. The van der Waals surface area contributed by atoms with E-state index in [4.69, 9.17) is 4.74 Å². The van der Waals surface area contributed by atoms with Crippen LogP contribution in [0.2, 0.25) is 0 Å². The van der Waals surface area contributed by atoms with Crippen LogP contribution in [0, 0.1) is 5.92 Å². The first-order valence-corrected chi connectivity index (χ1v) is 5.90. The van der Waals surface area contributed by atoms with Gasteiger partial charge in [0.15, 0.2) is 4.88 Å². The van der Waals surface area contributed by atoms with Gasteiger partial charge in [0.25, 0.3) is 0 Å². The van der Waals surface area contributed by atoms with Gasteiger partial charge in [0, 0.05) is 0 Å². The topological polar surface area (TPSA) is 52.1 Å². The zero-order chi connectivity index (χ0) is 11.3. The van der Waals surface area contributed by atoms with Crippen LogP contribution < -0.4 is 0 Å². The fraction of sp³-hybridized carbons (Fsp3) is 0.700. The molecule has 1 heterocycles. The van der Waals surface area contributed by atoms with Gasteiger partial charge < -0.3 is 4.74 Å². The standard InChI is InChI=1S/C10H16N2O2S/c1-4-14-10(13)9-8(11-12-15-9)6-5-7(2)3/h7H,4-6H2,1-3H3. The first-order chi connectivity index (χ1) is 7.15. The minimum Gasteiger partial charge on any atom is -0.462 e. The number of hydrogen-bond donors (Lipinski definition) is 0. The summed E-state index contributed by atoms with van der Waals surface area (Å²) in [7, 11) is 0. The molecule has 0 aromatic carbocycles. The summed E-state index contributed by atoms with van der Waals surface area (Å²) < 4.78 is 8.72. The summed E-state index contributed by atoms with van der Waals surface area (Å²) >= 11 is 1.11. The second-order valence-electron chi connectivity index (χ2n) is 3.70. The van der Waals surface area contributed by atoms with Crippen LogP contribution in [0.5, 0.6) is 0 Å². The van der Waals surface area contributed by atoms with Gasteiger partial charge in [0.2, 0.25) is 0 Å². The molecule has 0 aliphatic carbocycles. The fourth-order valence-electron chi connectivity index (χ4n) is 1.15. The van der Waals surface area contributed by atoms with E-state index in [0.29, 0.717) is 17.4 Å². The maximum Gasteiger partial charge on any atom is 0.351 e. The van der Waals surface area contributed by atoms with E-state index in [0.717, 1.165) is 30.1 Å². The molecule has 0 saturated heterocycles. The molecule has 0 fully saturated rings. The van der Waals surface area contributed by atoms with Crippen LogP contribution in [0.15, 0.2) is 0 Å². The van der Waals surface area contributed by atoms with E-state index in [-0.39, 0.29) is 5.97 Å². The van der Waals surface area contributed by atoms with Crippen LogP contribution in [0.1, 0.15) is 42.6 Å². The van der Waals surface area contributed by atoms with Crippen molar-refractivity contribution < 1.29 is 9.53 Å². The monoisotopic (exact) mass is 228 g/mol. The number of aryl methyl sites for hydroxylation is 1. The lowest BCUT2D eigenvalue weighted by Crippen LogP contribution is -2.06. The average Bonchev–Trinajstić information content (AvgIpc) is 2.62. The number of nitrogens with zero attached hydrogens (tertiary/aromatic N) is 2. The summed E-state index contributed by atoms with van der Waals surface area (Å²) in [5.74, 6) is 0.299. The molecular weight excluding hydrogens is 212 g/mol. The average molecular weight is 228 g/mol. The van der Waals surface area contributed by atoms with Gasteiger partial charge in [0.05, 0.1) is 12.3 Å². The van der Waals surface area contributed by atoms with Gasteiger partial charge in [-0.3, -0.25) is 0 Å². The van der Waals surface area contributed by atoms with Crippen molar-refractivity contribution in [2.24, 2.45) is 5.92 Å². The SMILES string of the molecule is CCOC(=O)c1snnc1CCC(C)C. The number of esters is 1. The number of carbonyl (C=O) groups is 1. The number of aromatic nitrogens is 2. The Bertz CT molecular complexity index is 323. The lowest BCUT2D eigenvalue weighted by Gasteiger charge is -2.03. The number of hydrogen-bond acceptors (Lipinski definition) is 5. The predicted octanol–water partition coefficient (Wildman–Crippen LogP) is 2.30. The molecule has 0 amide bonds. The molecule has 0 aliphatic rings. The van der Waals surface area contributed by atoms with Crippen molar-refractivity contribution in [1.82, 2.24) is 9.59 Å². The predicted molar refractivity (Wildman–Crippen MR) is 59.0 cm³/mol. The molecule has 0 spiro atoms. The van der Waals surface area contributed by atoms with Crippen LogP contribution in [0.25, 0.3) is 0 Å². The molecule has 1 aromatic heterocycles. The lowest BCUT2D eigenvalue weighted by atomic mass is 10.1. The molecule has 1 aromatic rings. The molecule has 0 aliphatic heterocycles. The normalized spacial score (nSPS) is 10.7. The molecule has 5 heteroatoms. The van der Waals surface area contributed by atoms with Crippen molar-refractivity contribution in [2.75, 3.05) is 6.61 Å². The van der Waals surface area contributed by atoms with Crippen LogP contribution in [-0.2, 0) is 11.2 Å². The summed E-state index contributed by atoms with van der Waals surface area (Å²) in [5, 5.41) is 3.96. The van der Waals surface area contributed by atoms with Crippen LogP contribution in [0.4, 0.5) is 0 Å². The molecule has 0 unspecified atom stereocenters. The third-order valence-corrected chi connectivity index (χ3v) is 2.72. The Hall–Kier alpha value is -0.970. The van der Waals surface area contributed by atoms with Gasteiger partial charge in [-0.15, -0.1) is 5.10 Å². The molecule has 84 valence electrons. The van der Waals surface area contributed by atoms with Gasteiger partial charge >= 0.3 is 5.97 Å². The zero-order valence-corrected chi connectivity index (χ0v) is 10.1. The molecule has 0 N–H and O–H groups in total. The van der Waals surface area contributed by atoms with E-state index >= 15 is 0 Å². The second kappa shape index (κ2) is 5.80. The minimum atomic E-state index is -0.300. The van der Waals surface area contributed by atoms with E-state index in [1.165, 1.54) is 0 Å². The molecule has 0 bridgehead atoms. The summed E-state index contributed by atoms with van der Waals surface area (Å²) in [6, 6.07) is 0. The van der Waals surface area contributed by atoms with Gasteiger partial charge in [-0.2, -0.15) is 0 Å². The molecule has 1 rings (SSSR count). The van der Waals surface area contributed by atoms with E-state index in [2.05, 4.69) is 23.4 Å². The molecule has 0 atom stereocenters. The highest BCUT2D eigenvalue weighted by Gasteiger charge is 2.17. The number of rotatable bonds is 5. The lowest BCUT2D eigenvalue weighted by molar-refractivity contribution is 0.0530. The number of carbonyl (C=O) groups excluding carboxylic acids is 1. The van der Waals surface area contributed by atoms with E-state index < -0.39 is 0 Å². The van der Waals surface area contributed by atoms with Crippen molar-refractivity contribution in [3.63, 3.8) is 0 Å². The molecular formula is C10H16N2O2S. The minimum absolute atomic E-state index is 0.300. The Morgan fingerprint density at radius 2 is 2.27 bits per heavy atom. The highest BCUT2D eigenvalue weighted by Crippen LogP contribution is 2.16. The highest BCUT2D eigenvalue weighted by molar-refractivity contribution is 7.07. The quantitative estimate of drug-likeness (QED) is 0.726. The van der Waals surface area contributed by atoms with E-state index in [1.54, 1.807) is 6.92 Å². The third kappa shape index (κ3) is 3.58. The molecule has 4 nitrogen and oxygen atoms in total. The zero-order valence-electron chi connectivity index (χ0n) is 9.32. The molecule has 15 heavy (non-hydrogen) atoms. The van der Waals surface area contributed by atoms with Crippen molar-refractivity contribution in [3.8, 4) is 0 Å². The Kier molecular flexibility index (Phi) is 4.68. The Balaban J connectivity index is 2.64. The smallest absolute Gasteiger partial charge is 0.351 e. The summed E-state index contributed by atoms with van der Waals surface area (Å²) in [6.07, 6.45) is 1.81. The molecule has 0 saturated carbocycles. The van der Waals surface area contributed by atoms with Gasteiger partial charge in [-0.05, 0) is 37.2 Å². The third-order valence-electron chi connectivity index (χ3n) is 1.98. The van der Waals surface area contributed by atoms with Crippen molar-refractivity contribution in [1.29, 1.82) is 0 Å². The fourth-order valence-corrected chi connectivity index (χ4v) is 1.75. The summed E-state index contributed by atoms with van der Waals surface area (Å²) in [5.41, 5.74) is 0.771. The van der Waals surface area contributed by atoms with Gasteiger partial charge in [-0.25, -0.2) is 4.79 Å². The van der Waals surface area contributed by atoms with Crippen molar-refractivity contribution in [2.45, 2.75) is 33.6 Å². The number of ether oxygens (including phenoxy) is 1. The van der Waals surface area contributed by atoms with Crippen molar-refractivity contribution >= 4 is 17.5 Å². The maximum absolute atomic E-state index is 11.5. The van der Waals surface area contributed by atoms with E-state index in [9.17, 15) is 4.79 Å². The maximum atomic E-state index is 11.5. The Morgan fingerprint density at radius 1 is 1.53 bits per heavy atom. The van der Waals surface area contributed by atoms with Gasteiger partial charge in [0.1, 0.15) is 0 Å². The Labute approximate surface area is 93.8 Å². The Morgan fingerprint density at radius 3 is 2.87 bits per heavy atom. The second-order valence-corrected chi connectivity index (χ2v) is 4.46. The van der Waals surface area contributed by atoms with Crippen LogP contribution in [-0.4, -0.2) is 22.2 Å². The first-order valence-electron chi connectivity index (χ1n) is 5.13. The molecule has 0 radical (unpaired) electrons. The van der Waals surface area contributed by atoms with Crippen LogP contribution in [0.3, 0.4) is 0 Å². The summed E-state index contributed by atoms with van der Waals surface area (Å²) in [4.78, 5) is 12.0. The summed E-state index contributed by atoms with van der Waals surface area (Å²) in [6.45, 7) is 6.47. The van der Waals surface area contributed by atoms with Crippen LogP contribution >= 0.6 is 11.5 Å². The van der Waals surface area contributed by atoms with Crippen molar-refractivity contribution in [3.05, 3.63) is 10.6 Å². The highest BCUT2D eigenvalue weighted by atomic mass is 32.1. The largest absolute Gasteiger partial charge is 0.462 e. The van der Waals surface area contributed by atoms with E-state index in [1.807, 2.05) is 0 Å². The van der Waals surface area contributed by atoms with Gasteiger partial charge in [-0.1, -0.05) is 18.3 Å².